The maximum absolute atomic E-state index is 5.85. The fourth-order valence-electron chi connectivity index (χ4n) is 1.80. The standard InChI is InChI=1S/C13H11BrClN5O/c14-6-5-11-7-20(19-17-11)8-12-16-13(18-21-12)9-1-3-10(15)4-2-9/h1-4,7H,5-6,8H2. The van der Waals surface area contributed by atoms with Crippen LogP contribution in [0.2, 0.25) is 5.02 Å². The number of halogens is 2. The Balaban J connectivity index is 1.73. The zero-order valence-electron chi connectivity index (χ0n) is 10.9. The average molecular weight is 369 g/mol. The molecule has 8 heteroatoms. The Morgan fingerprint density at radius 1 is 1.24 bits per heavy atom. The third kappa shape index (κ3) is 3.48. The van der Waals surface area contributed by atoms with Crippen molar-refractivity contribution in [3.8, 4) is 11.4 Å². The summed E-state index contributed by atoms with van der Waals surface area (Å²) in [6.45, 7) is 0.399. The van der Waals surface area contributed by atoms with Crippen LogP contribution in [-0.4, -0.2) is 30.5 Å². The van der Waals surface area contributed by atoms with Crippen LogP contribution in [0, 0.1) is 0 Å². The molecule has 0 saturated carbocycles. The van der Waals surface area contributed by atoms with E-state index >= 15 is 0 Å². The van der Waals surface area contributed by atoms with Gasteiger partial charge in [-0.2, -0.15) is 4.98 Å². The first-order valence-corrected chi connectivity index (χ1v) is 7.78. The van der Waals surface area contributed by atoms with Crippen LogP contribution in [0.25, 0.3) is 11.4 Å². The first kappa shape index (κ1) is 14.2. The summed E-state index contributed by atoms with van der Waals surface area (Å²) in [5.74, 6) is 1.01. The van der Waals surface area contributed by atoms with Crippen molar-refractivity contribution in [2.45, 2.75) is 13.0 Å². The van der Waals surface area contributed by atoms with Crippen LogP contribution < -0.4 is 0 Å². The minimum Gasteiger partial charge on any atom is -0.337 e. The monoisotopic (exact) mass is 367 g/mol. The Morgan fingerprint density at radius 2 is 2.05 bits per heavy atom. The summed E-state index contributed by atoms with van der Waals surface area (Å²) in [6.07, 6.45) is 2.70. The molecule has 0 saturated heterocycles. The maximum Gasteiger partial charge on any atom is 0.248 e. The normalized spacial score (nSPS) is 11.0. The Labute approximate surface area is 134 Å². The molecule has 0 radical (unpaired) electrons. The Morgan fingerprint density at radius 3 is 2.81 bits per heavy atom. The molecule has 3 rings (SSSR count). The van der Waals surface area contributed by atoms with Crippen molar-refractivity contribution in [3.63, 3.8) is 0 Å². The predicted octanol–water partition coefficient (Wildman–Crippen LogP) is 2.97. The van der Waals surface area contributed by atoms with Crippen molar-refractivity contribution >= 4 is 27.5 Å². The van der Waals surface area contributed by atoms with Gasteiger partial charge in [0.05, 0.1) is 5.69 Å². The van der Waals surface area contributed by atoms with Gasteiger partial charge in [0, 0.05) is 28.5 Å². The molecule has 0 atom stereocenters. The molecule has 1 aromatic carbocycles. The molecule has 0 amide bonds. The van der Waals surface area contributed by atoms with Crippen molar-refractivity contribution in [1.82, 2.24) is 25.1 Å². The second-order valence-corrected chi connectivity index (χ2v) is 5.59. The van der Waals surface area contributed by atoms with Crippen LogP contribution in [-0.2, 0) is 13.0 Å². The lowest BCUT2D eigenvalue weighted by Crippen LogP contribution is -2.00. The maximum atomic E-state index is 5.85. The number of hydrogen-bond acceptors (Lipinski definition) is 5. The molecular weight excluding hydrogens is 358 g/mol. The zero-order chi connectivity index (χ0) is 14.7. The van der Waals surface area contributed by atoms with Gasteiger partial charge in [0.1, 0.15) is 6.54 Å². The molecule has 0 aliphatic heterocycles. The van der Waals surface area contributed by atoms with Crippen molar-refractivity contribution < 1.29 is 4.52 Å². The second kappa shape index (κ2) is 6.36. The van der Waals surface area contributed by atoms with E-state index in [-0.39, 0.29) is 0 Å². The molecule has 0 bridgehead atoms. The molecule has 0 spiro atoms. The minimum absolute atomic E-state index is 0.399. The highest BCUT2D eigenvalue weighted by molar-refractivity contribution is 9.09. The highest BCUT2D eigenvalue weighted by Gasteiger charge is 2.10. The van der Waals surface area contributed by atoms with Gasteiger partial charge < -0.3 is 4.52 Å². The van der Waals surface area contributed by atoms with Gasteiger partial charge in [-0.15, -0.1) is 5.10 Å². The molecule has 0 aliphatic rings. The van der Waals surface area contributed by atoms with Crippen LogP contribution in [0.15, 0.2) is 35.0 Å². The molecule has 6 nitrogen and oxygen atoms in total. The first-order chi connectivity index (χ1) is 10.2. The quantitative estimate of drug-likeness (QED) is 0.648. The average Bonchev–Trinajstić information content (AvgIpc) is 3.11. The van der Waals surface area contributed by atoms with E-state index in [0.29, 0.717) is 23.3 Å². The van der Waals surface area contributed by atoms with Gasteiger partial charge in [-0.05, 0) is 24.3 Å². The Hall–Kier alpha value is -1.73. The second-order valence-electron chi connectivity index (χ2n) is 4.37. The van der Waals surface area contributed by atoms with Gasteiger partial charge in [0.15, 0.2) is 0 Å². The van der Waals surface area contributed by atoms with Crippen LogP contribution in [0.3, 0.4) is 0 Å². The number of rotatable bonds is 5. The third-order valence-electron chi connectivity index (χ3n) is 2.80. The zero-order valence-corrected chi connectivity index (χ0v) is 13.3. The molecule has 0 N–H and O–H groups in total. The summed E-state index contributed by atoms with van der Waals surface area (Å²) in [4.78, 5) is 4.34. The van der Waals surface area contributed by atoms with Crippen LogP contribution in [0.4, 0.5) is 0 Å². The number of hydrogen-bond donors (Lipinski definition) is 0. The largest absolute Gasteiger partial charge is 0.337 e. The predicted molar refractivity (Wildman–Crippen MR) is 81.4 cm³/mol. The number of benzene rings is 1. The Kier molecular flexibility index (Phi) is 4.31. The van der Waals surface area contributed by atoms with Crippen molar-refractivity contribution in [2.24, 2.45) is 0 Å². The summed E-state index contributed by atoms with van der Waals surface area (Å²) < 4.78 is 6.91. The van der Waals surface area contributed by atoms with Crippen LogP contribution >= 0.6 is 27.5 Å². The molecule has 2 aromatic heterocycles. The Bertz CT molecular complexity index is 724. The highest BCUT2D eigenvalue weighted by Crippen LogP contribution is 2.18. The fraction of sp³-hybridized carbons (Fsp3) is 0.231. The molecule has 21 heavy (non-hydrogen) atoms. The van der Waals surface area contributed by atoms with Crippen LogP contribution in [0.5, 0.6) is 0 Å². The highest BCUT2D eigenvalue weighted by atomic mass is 79.9. The molecular formula is C13H11BrClN5O. The lowest BCUT2D eigenvalue weighted by Gasteiger charge is -1.94. The lowest BCUT2D eigenvalue weighted by molar-refractivity contribution is 0.364. The number of nitrogens with zero attached hydrogens (tertiary/aromatic N) is 5. The third-order valence-corrected chi connectivity index (χ3v) is 3.45. The molecule has 0 unspecified atom stereocenters. The lowest BCUT2D eigenvalue weighted by atomic mass is 10.2. The van der Waals surface area contributed by atoms with Gasteiger partial charge >= 0.3 is 0 Å². The summed E-state index contributed by atoms with van der Waals surface area (Å²) in [6, 6.07) is 7.27. The van der Waals surface area contributed by atoms with E-state index in [9.17, 15) is 0 Å². The summed E-state index contributed by atoms with van der Waals surface area (Å²) in [7, 11) is 0. The van der Waals surface area contributed by atoms with Gasteiger partial charge in [0.25, 0.3) is 0 Å². The van der Waals surface area contributed by atoms with Gasteiger partial charge in [-0.1, -0.05) is 37.9 Å². The summed E-state index contributed by atoms with van der Waals surface area (Å²) in [5.41, 5.74) is 1.78. The molecule has 108 valence electrons. The van der Waals surface area contributed by atoms with Gasteiger partial charge in [0.2, 0.25) is 11.7 Å². The topological polar surface area (TPSA) is 69.6 Å². The van der Waals surface area contributed by atoms with Gasteiger partial charge in [-0.3, -0.25) is 0 Å². The smallest absolute Gasteiger partial charge is 0.248 e. The fourth-order valence-corrected chi connectivity index (χ4v) is 2.33. The van der Waals surface area contributed by atoms with E-state index in [0.717, 1.165) is 23.0 Å². The summed E-state index contributed by atoms with van der Waals surface area (Å²) >= 11 is 9.22. The van der Waals surface area contributed by atoms with E-state index in [1.807, 2.05) is 18.3 Å². The van der Waals surface area contributed by atoms with Gasteiger partial charge in [-0.25, -0.2) is 4.68 Å². The number of aryl methyl sites for hydroxylation is 1. The van der Waals surface area contributed by atoms with E-state index in [2.05, 4.69) is 36.4 Å². The van der Waals surface area contributed by atoms with Crippen LogP contribution in [0.1, 0.15) is 11.6 Å². The minimum atomic E-state index is 0.399. The van der Waals surface area contributed by atoms with Crippen molar-refractivity contribution in [1.29, 1.82) is 0 Å². The van der Waals surface area contributed by atoms with E-state index in [4.69, 9.17) is 16.1 Å². The van der Waals surface area contributed by atoms with E-state index in [1.165, 1.54) is 0 Å². The molecule has 0 aliphatic carbocycles. The number of alkyl halides is 1. The van der Waals surface area contributed by atoms with Crippen molar-refractivity contribution in [3.05, 3.63) is 47.1 Å². The van der Waals surface area contributed by atoms with E-state index < -0.39 is 0 Å². The van der Waals surface area contributed by atoms with E-state index in [1.54, 1.807) is 16.8 Å². The molecule has 2 heterocycles. The molecule has 0 fully saturated rings. The SMILES string of the molecule is Clc1ccc(-c2noc(Cn3cc(CCBr)nn3)n2)cc1. The first-order valence-electron chi connectivity index (χ1n) is 6.28. The van der Waals surface area contributed by atoms with Crippen molar-refractivity contribution in [2.75, 3.05) is 5.33 Å². The summed E-state index contributed by atoms with van der Waals surface area (Å²) in [5, 5.41) is 13.6. The molecule has 3 aromatic rings. The number of aromatic nitrogens is 5.